The van der Waals surface area contributed by atoms with E-state index in [0.717, 1.165) is 57.2 Å². The van der Waals surface area contributed by atoms with Crippen LogP contribution in [0.4, 0.5) is 0 Å². The quantitative estimate of drug-likeness (QED) is 0.196. The second-order valence-corrected chi connectivity index (χ2v) is 6.27. The minimum atomic E-state index is 0. The number of hydrogen-bond donors (Lipinski definition) is 2. The van der Waals surface area contributed by atoms with Gasteiger partial charge in [-0.2, -0.15) is 5.10 Å². The van der Waals surface area contributed by atoms with Gasteiger partial charge in [-0.25, -0.2) is 0 Å². The highest BCUT2D eigenvalue weighted by Crippen LogP contribution is 2.00. The lowest BCUT2D eigenvalue weighted by molar-refractivity contribution is 0.506. The van der Waals surface area contributed by atoms with Crippen molar-refractivity contribution < 1.29 is 4.42 Å². The highest BCUT2D eigenvalue weighted by atomic mass is 127. The van der Waals surface area contributed by atoms with Crippen LogP contribution in [-0.2, 0) is 19.4 Å². The summed E-state index contributed by atoms with van der Waals surface area (Å²) in [6.45, 7) is 3.25. The highest BCUT2D eigenvalue weighted by Gasteiger charge is 2.01. The molecule has 6 nitrogen and oxygen atoms in total. The lowest BCUT2D eigenvalue weighted by Gasteiger charge is -2.12. The molecule has 0 amide bonds. The molecule has 0 saturated carbocycles. The lowest BCUT2D eigenvalue weighted by atomic mass is 10.1. The predicted molar refractivity (Wildman–Crippen MR) is 123 cm³/mol. The Bertz CT molecular complexity index is 773. The van der Waals surface area contributed by atoms with Crippen molar-refractivity contribution in [1.29, 1.82) is 0 Å². The van der Waals surface area contributed by atoms with E-state index in [-0.39, 0.29) is 24.0 Å². The molecule has 2 N–H and O–H groups in total. The molecule has 3 rings (SSSR count). The van der Waals surface area contributed by atoms with Crippen LogP contribution in [0, 0.1) is 0 Å². The van der Waals surface area contributed by atoms with E-state index >= 15 is 0 Å². The lowest BCUT2D eigenvalue weighted by Crippen LogP contribution is -2.39. The van der Waals surface area contributed by atoms with Gasteiger partial charge in [-0.3, -0.25) is 9.67 Å². The fraction of sp³-hybridized carbons (Fsp3) is 0.333. The van der Waals surface area contributed by atoms with Gasteiger partial charge in [-0.1, -0.05) is 30.3 Å². The molecule has 0 aliphatic heterocycles. The van der Waals surface area contributed by atoms with Crippen LogP contribution in [0.5, 0.6) is 0 Å². The second-order valence-electron chi connectivity index (χ2n) is 6.27. The summed E-state index contributed by atoms with van der Waals surface area (Å²) in [4.78, 5) is 4.70. The van der Waals surface area contributed by atoms with Gasteiger partial charge in [-0.05, 0) is 36.6 Å². The van der Waals surface area contributed by atoms with Crippen LogP contribution >= 0.6 is 24.0 Å². The van der Waals surface area contributed by atoms with Gasteiger partial charge in [0.25, 0.3) is 0 Å². The molecule has 0 aliphatic carbocycles. The molecule has 0 bridgehead atoms. The van der Waals surface area contributed by atoms with Crippen molar-refractivity contribution in [1.82, 2.24) is 20.4 Å². The van der Waals surface area contributed by atoms with Gasteiger partial charge < -0.3 is 15.1 Å². The van der Waals surface area contributed by atoms with E-state index in [1.165, 1.54) is 5.56 Å². The van der Waals surface area contributed by atoms with E-state index in [9.17, 15) is 0 Å². The maximum absolute atomic E-state index is 5.38. The fourth-order valence-electron chi connectivity index (χ4n) is 2.76. The van der Waals surface area contributed by atoms with Gasteiger partial charge in [0, 0.05) is 45.0 Å². The molecule has 0 atom stereocenters. The van der Waals surface area contributed by atoms with Crippen molar-refractivity contribution in [2.24, 2.45) is 4.99 Å². The zero-order valence-electron chi connectivity index (χ0n) is 16.0. The van der Waals surface area contributed by atoms with Crippen molar-refractivity contribution in [3.8, 4) is 0 Å². The van der Waals surface area contributed by atoms with Gasteiger partial charge in [-0.15, -0.1) is 24.0 Å². The summed E-state index contributed by atoms with van der Waals surface area (Å²) in [5.41, 5.74) is 1.32. The van der Waals surface area contributed by atoms with Crippen molar-refractivity contribution >= 4 is 29.9 Å². The molecule has 0 saturated heterocycles. The van der Waals surface area contributed by atoms with Crippen molar-refractivity contribution in [3.63, 3.8) is 0 Å². The second kappa shape index (κ2) is 13.0. The molecular weight excluding hydrogens is 465 g/mol. The summed E-state index contributed by atoms with van der Waals surface area (Å²) in [5, 5.41) is 11.0. The smallest absolute Gasteiger partial charge is 0.191 e. The topological polar surface area (TPSA) is 67.4 Å². The average Bonchev–Trinajstić information content (AvgIpc) is 3.40. The largest absolute Gasteiger partial charge is 0.469 e. The average molecular weight is 493 g/mol. The molecule has 3 aromatic rings. The Kier molecular flexibility index (Phi) is 10.2. The molecule has 7 heteroatoms. The summed E-state index contributed by atoms with van der Waals surface area (Å²) in [5.74, 6) is 1.82. The zero-order valence-corrected chi connectivity index (χ0v) is 18.3. The summed E-state index contributed by atoms with van der Waals surface area (Å²) in [6.07, 6.45) is 8.23. The van der Waals surface area contributed by atoms with Crippen LogP contribution in [-0.4, -0.2) is 35.4 Å². The first kappa shape index (κ1) is 22.0. The van der Waals surface area contributed by atoms with Crippen LogP contribution in [0.2, 0.25) is 0 Å². The third kappa shape index (κ3) is 8.16. The van der Waals surface area contributed by atoms with Gasteiger partial charge in [0.15, 0.2) is 5.96 Å². The normalized spacial score (nSPS) is 11.1. The van der Waals surface area contributed by atoms with Crippen LogP contribution in [0.1, 0.15) is 17.7 Å². The number of nitrogens with one attached hydrogen (secondary N) is 2. The third-order valence-corrected chi connectivity index (χ3v) is 4.17. The highest BCUT2D eigenvalue weighted by molar-refractivity contribution is 14.0. The van der Waals surface area contributed by atoms with Gasteiger partial charge in [0.2, 0.25) is 0 Å². The number of rotatable bonds is 10. The van der Waals surface area contributed by atoms with Gasteiger partial charge in [0.1, 0.15) is 5.76 Å². The zero-order chi connectivity index (χ0) is 18.6. The number of nitrogens with zero attached hydrogens (tertiary/aromatic N) is 3. The Labute approximate surface area is 183 Å². The Morgan fingerprint density at radius 2 is 1.82 bits per heavy atom. The van der Waals surface area contributed by atoms with Gasteiger partial charge >= 0.3 is 0 Å². The van der Waals surface area contributed by atoms with E-state index in [0.29, 0.717) is 0 Å². The number of furan rings is 1. The molecule has 1 aromatic carbocycles. The Morgan fingerprint density at radius 1 is 1.00 bits per heavy atom. The Hall–Kier alpha value is -2.29. The first-order valence-electron chi connectivity index (χ1n) is 9.46. The van der Waals surface area contributed by atoms with E-state index in [4.69, 9.17) is 9.41 Å². The molecule has 0 radical (unpaired) electrons. The molecular formula is C21H28IN5O. The van der Waals surface area contributed by atoms with Gasteiger partial charge in [0.05, 0.1) is 6.26 Å². The van der Waals surface area contributed by atoms with Crippen molar-refractivity contribution in [3.05, 3.63) is 78.5 Å². The van der Waals surface area contributed by atoms with Crippen LogP contribution in [0.15, 0.2) is 76.6 Å². The number of halogens is 1. The van der Waals surface area contributed by atoms with E-state index in [2.05, 4.69) is 40.0 Å². The first-order valence-corrected chi connectivity index (χ1v) is 9.46. The summed E-state index contributed by atoms with van der Waals surface area (Å²) in [6, 6.07) is 16.3. The molecule has 0 unspecified atom stereocenters. The summed E-state index contributed by atoms with van der Waals surface area (Å²) < 4.78 is 7.32. The molecule has 28 heavy (non-hydrogen) atoms. The van der Waals surface area contributed by atoms with E-state index in [1.54, 1.807) is 12.5 Å². The number of benzene rings is 1. The van der Waals surface area contributed by atoms with Crippen LogP contribution < -0.4 is 10.6 Å². The minimum Gasteiger partial charge on any atom is -0.469 e. The fourth-order valence-corrected chi connectivity index (χ4v) is 2.76. The number of guanidine groups is 1. The number of aryl methyl sites for hydroxylation is 1. The maximum atomic E-state index is 5.38. The third-order valence-electron chi connectivity index (χ3n) is 4.17. The molecule has 150 valence electrons. The molecule has 2 heterocycles. The molecule has 2 aromatic heterocycles. The SMILES string of the molecule is I.c1ccc(CCNC(=NCCCn2cccn2)NCCc2ccco2)cc1. The minimum absolute atomic E-state index is 0. The summed E-state index contributed by atoms with van der Waals surface area (Å²) >= 11 is 0. The van der Waals surface area contributed by atoms with E-state index in [1.807, 2.05) is 35.1 Å². The van der Waals surface area contributed by atoms with E-state index < -0.39 is 0 Å². The number of hydrogen-bond acceptors (Lipinski definition) is 3. The first-order chi connectivity index (χ1) is 13.4. The Balaban J connectivity index is 0.00000280. The van der Waals surface area contributed by atoms with Crippen molar-refractivity contribution in [2.75, 3.05) is 19.6 Å². The van der Waals surface area contributed by atoms with Crippen LogP contribution in [0.3, 0.4) is 0 Å². The summed E-state index contributed by atoms with van der Waals surface area (Å²) in [7, 11) is 0. The van der Waals surface area contributed by atoms with Crippen molar-refractivity contribution in [2.45, 2.75) is 25.8 Å². The monoisotopic (exact) mass is 493 g/mol. The predicted octanol–water partition coefficient (Wildman–Crippen LogP) is 3.50. The number of aromatic nitrogens is 2. The standard InChI is InChI=1S/C21H27N5O.HI/c1-2-7-19(8-3-1)10-14-23-21(24-15-11-20-9-4-18-27-20)22-12-5-16-26-17-6-13-25-26;/h1-4,6-9,13,17-18H,5,10-12,14-16H2,(H2,22,23,24);1H. The number of aliphatic imine (C=N–C) groups is 1. The molecule has 0 fully saturated rings. The maximum Gasteiger partial charge on any atom is 0.191 e. The van der Waals surface area contributed by atoms with Crippen LogP contribution in [0.25, 0.3) is 0 Å². The molecule has 0 spiro atoms. The molecule has 0 aliphatic rings. The Morgan fingerprint density at radius 3 is 2.54 bits per heavy atom.